The molecule has 0 unspecified atom stereocenters. The molecule has 1 aromatic rings. The van der Waals surface area contributed by atoms with Crippen LogP contribution in [0.3, 0.4) is 0 Å². The van der Waals surface area contributed by atoms with Crippen LogP contribution < -0.4 is 5.73 Å². The van der Waals surface area contributed by atoms with E-state index in [1.807, 2.05) is 0 Å². The fraction of sp³-hybridized carbons (Fsp3) is 0.462. The molecule has 124 valence electrons. The number of carbonyl (C=O) groups is 1. The minimum Gasteiger partial charge on any atom is -0.339 e. The van der Waals surface area contributed by atoms with Gasteiger partial charge in [0, 0.05) is 26.2 Å². The van der Waals surface area contributed by atoms with E-state index in [9.17, 15) is 13.2 Å². The SMILES string of the molecule is C[C@@H](N)C(=O)N1CCN(S(=O)(=O)c2cccc3c2N=S=N3)CC1. The number of nitrogens with zero attached hydrogens (tertiary/aromatic N) is 4. The zero-order valence-corrected chi connectivity index (χ0v) is 14.2. The molecule has 1 atom stereocenters. The minimum absolute atomic E-state index is 0.159. The molecular formula is C13H17N5O3S2. The number of hydrogen-bond donors (Lipinski definition) is 1. The van der Waals surface area contributed by atoms with Gasteiger partial charge in [-0.15, -0.1) is 0 Å². The average molecular weight is 355 g/mol. The lowest BCUT2D eigenvalue weighted by atomic mass is 10.2. The summed E-state index contributed by atoms with van der Waals surface area (Å²) in [5.74, 6) is -0.159. The molecule has 2 aliphatic rings. The molecule has 2 heterocycles. The molecule has 0 spiro atoms. The number of fused-ring (bicyclic) bond motifs is 1. The highest BCUT2D eigenvalue weighted by molar-refractivity contribution is 7.89. The van der Waals surface area contributed by atoms with Gasteiger partial charge in [0.15, 0.2) is 0 Å². The van der Waals surface area contributed by atoms with E-state index < -0.39 is 16.1 Å². The van der Waals surface area contributed by atoms with Crippen LogP contribution in [0.15, 0.2) is 31.8 Å². The zero-order chi connectivity index (χ0) is 16.6. The number of rotatable bonds is 3. The highest BCUT2D eigenvalue weighted by Crippen LogP contribution is 2.38. The van der Waals surface area contributed by atoms with Crippen molar-refractivity contribution in [1.29, 1.82) is 0 Å². The van der Waals surface area contributed by atoms with Crippen molar-refractivity contribution in [3.05, 3.63) is 18.2 Å². The van der Waals surface area contributed by atoms with Gasteiger partial charge in [-0.2, -0.15) is 13.0 Å². The largest absolute Gasteiger partial charge is 0.339 e. The Kier molecular flexibility index (Phi) is 4.32. The van der Waals surface area contributed by atoms with Gasteiger partial charge in [-0.3, -0.25) is 4.79 Å². The maximum atomic E-state index is 12.8. The Morgan fingerprint density at radius 2 is 1.96 bits per heavy atom. The van der Waals surface area contributed by atoms with Gasteiger partial charge in [0.25, 0.3) is 0 Å². The monoisotopic (exact) mass is 355 g/mol. The maximum absolute atomic E-state index is 12.8. The van der Waals surface area contributed by atoms with E-state index in [1.165, 1.54) is 4.31 Å². The second-order valence-electron chi connectivity index (χ2n) is 5.41. The van der Waals surface area contributed by atoms with Gasteiger partial charge in [-0.05, 0) is 19.1 Å². The van der Waals surface area contributed by atoms with Gasteiger partial charge >= 0.3 is 0 Å². The maximum Gasteiger partial charge on any atom is 0.245 e. The Balaban J connectivity index is 1.80. The zero-order valence-electron chi connectivity index (χ0n) is 12.5. The first-order chi connectivity index (χ1) is 10.9. The van der Waals surface area contributed by atoms with Crippen molar-refractivity contribution in [1.82, 2.24) is 9.21 Å². The molecule has 0 bridgehead atoms. The highest BCUT2D eigenvalue weighted by Gasteiger charge is 2.33. The summed E-state index contributed by atoms with van der Waals surface area (Å²) in [6.07, 6.45) is 0. The second kappa shape index (κ2) is 6.11. The predicted octanol–water partition coefficient (Wildman–Crippen LogP) is 0.593. The predicted molar refractivity (Wildman–Crippen MR) is 87.0 cm³/mol. The lowest BCUT2D eigenvalue weighted by Gasteiger charge is -2.34. The van der Waals surface area contributed by atoms with E-state index in [2.05, 4.69) is 8.73 Å². The number of amides is 1. The molecular weight excluding hydrogens is 338 g/mol. The van der Waals surface area contributed by atoms with Gasteiger partial charge < -0.3 is 10.6 Å². The Hall–Kier alpha value is -1.62. The first-order valence-corrected chi connectivity index (χ1v) is 9.34. The van der Waals surface area contributed by atoms with Crippen molar-refractivity contribution >= 4 is 38.7 Å². The van der Waals surface area contributed by atoms with Crippen molar-refractivity contribution in [3.8, 4) is 0 Å². The van der Waals surface area contributed by atoms with Crippen LogP contribution in [0.2, 0.25) is 0 Å². The quantitative estimate of drug-likeness (QED) is 0.869. The molecule has 0 aromatic heterocycles. The van der Waals surface area contributed by atoms with E-state index in [1.54, 1.807) is 30.0 Å². The molecule has 3 rings (SSSR count). The van der Waals surface area contributed by atoms with E-state index in [0.29, 0.717) is 24.5 Å². The van der Waals surface area contributed by atoms with Crippen LogP contribution in [-0.2, 0) is 26.2 Å². The van der Waals surface area contributed by atoms with Crippen molar-refractivity contribution in [3.63, 3.8) is 0 Å². The van der Waals surface area contributed by atoms with Crippen LogP contribution in [0, 0.1) is 0 Å². The molecule has 1 saturated heterocycles. The van der Waals surface area contributed by atoms with Gasteiger partial charge in [-0.1, -0.05) is 6.07 Å². The summed E-state index contributed by atoms with van der Waals surface area (Å²) in [6.45, 7) is 2.79. The van der Waals surface area contributed by atoms with Crippen LogP contribution >= 0.6 is 0 Å². The lowest BCUT2D eigenvalue weighted by Crippen LogP contribution is -2.53. The Labute approximate surface area is 138 Å². The summed E-state index contributed by atoms with van der Waals surface area (Å²) in [7, 11) is -3.66. The Morgan fingerprint density at radius 1 is 1.26 bits per heavy atom. The van der Waals surface area contributed by atoms with Crippen LogP contribution in [0.5, 0.6) is 0 Å². The number of piperazine rings is 1. The summed E-state index contributed by atoms with van der Waals surface area (Å²) in [6, 6.07) is 4.36. The van der Waals surface area contributed by atoms with Crippen LogP contribution in [0.4, 0.5) is 11.4 Å². The molecule has 1 amide bonds. The first-order valence-electron chi connectivity index (χ1n) is 7.17. The topological polar surface area (TPSA) is 108 Å². The lowest BCUT2D eigenvalue weighted by molar-refractivity contribution is -0.133. The molecule has 2 aliphatic heterocycles. The smallest absolute Gasteiger partial charge is 0.245 e. The molecule has 0 saturated carbocycles. The van der Waals surface area contributed by atoms with Gasteiger partial charge in [-0.25, -0.2) is 8.42 Å². The first kappa shape index (κ1) is 16.2. The van der Waals surface area contributed by atoms with Crippen molar-refractivity contribution in [2.45, 2.75) is 17.9 Å². The van der Waals surface area contributed by atoms with E-state index in [0.717, 1.165) is 11.4 Å². The number of hydrogen-bond acceptors (Lipinski definition) is 6. The number of carbonyl (C=O) groups excluding carboxylic acids is 1. The van der Waals surface area contributed by atoms with Crippen molar-refractivity contribution < 1.29 is 13.2 Å². The molecule has 23 heavy (non-hydrogen) atoms. The van der Waals surface area contributed by atoms with Crippen LogP contribution in [-0.4, -0.2) is 55.8 Å². The van der Waals surface area contributed by atoms with Gasteiger partial charge in [0.05, 0.1) is 17.4 Å². The molecule has 8 nitrogen and oxygen atoms in total. The highest BCUT2D eigenvalue weighted by atomic mass is 32.2. The van der Waals surface area contributed by atoms with Gasteiger partial charge in [0.1, 0.15) is 16.3 Å². The molecule has 2 N–H and O–H groups in total. The summed E-state index contributed by atoms with van der Waals surface area (Å²) >= 11 is 0.988. The summed E-state index contributed by atoms with van der Waals surface area (Å²) in [5.41, 5.74) is 6.56. The fourth-order valence-electron chi connectivity index (χ4n) is 2.57. The minimum atomic E-state index is -3.66. The summed E-state index contributed by atoms with van der Waals surface area (Å²) < 4.78 is 35.2. The fourth-order valence-corrected chi connectivity index (χ4v) is 4.74. The third-order valence-electron chi connectivity index (χ3n) is 3.81. The third-order valence-corrected chi connectivity index (χ3v) is 6.28. The molecule has 0 radical (unpaired) electrons. The van der Waals surface area contributed by atoms with Crippen molar-refractivity contribution in [2.75, 3.05) is 26.2 Å². The molecule has 1 fully saturated rings. The van der Waals surface area contributed by atoms with E-state index >= 15 is 0 Å². The summed E-state index contributed by atoms with van der Waals surface area (Å²) in [4.78, 5) is 13.6. The van der Waals surface area contributed by atoms with Gasteiger partial charge in [0.2, 0.25) is 15.9 Å². The number of benzene rings is 1. The van der Waals surface area contributed by atoms with E-state index in [4.69, 9.17) is 5.73 Å². The average Bonchev–Trinajstić information content (AvgIpc) is 3.02. The number of nitrogens with two attached hydrogens (primary N) is 1. The van der Waals surface area contributed by atoms with Crippen molar-refractivity contribution in [2.24, 2.45) is 14.5 Å². The van der Waals surface area contributed by atoms with Crippen LogP contribution in [0.25, 0.3) is 0 Å². The van der Waals surface area contributed by atoms with Crippen LogP contribution in [0.1, 0.15) is 6.92 Å². The Bertz CT molecular complexity index is 807. The molecule has 10 heteroatoms. The molecule has 1 aromatic carbocycles. The normalized spacial score (nSPS) is 19.3. The standard InChI is InChI=1S/C13H17N5O3S2/c1-9(14)13(19)17-5-7-18(8-6-17)23(20,21)11-4-2-3-10-12(11)16-22-15-10/h2-4,9H,5-8,14H2,1H3/t9-/m1/s1. The molecule has 0 aliphatic carbocycles. The third kappa shape index (κ3) is 2.94. The summed E-state index contributed by atoms with van der Waals surface area (Å²) in [5, 5.41) is 0. The number of sulfonamides is 1. The Morgan fingerprint density at radius 3 is 2.61 bits per heavy atom. The second-order valence-corrected chi connectivity index (χ2v) is 7.84. The van der Waals surface area contributed by atoms with E-state index in [-0.39, 0.29) is 23.9 Å².